The summed E-state index contributed by atoms with van der Waals surface area (Å²) < 4.78 is 10.7. The normalized spacial score (nSPS) is 10.5. The highest BCUT2D eigenvalue weighted by molar-refractivity contribution is 5.77. The van der Waals surface area contributed by atoms with Gasteiger partial charge in [-0.2, -0.15) is 4.98 Å². The minimum Gasteiger partial charge on any atom is -0.484 e. The SMILES string of the molecule is CCCCNC(=O)COc1cccc(-c2nc(CC)no2)c1. The van der Waals surface area contributed by atoms with Crippen molar-refractivity contribution in [2.45, 2.75) is 33.1 Å². The summed E-state index contributed by atoms with van der Waals surface area (Å²) in [4.78, 5) is 15.9. The molecule has 0 spiro atoms. The van der Waals surface area contributed by atoms with Crippen LogP contribution in [-0.4, -0.2) is 29.2 Å². The minimum atomic E-state index is -0.120. The van der Waals surface area contributed by atoms with Crippen LogP contribution in [0, 0.1) is 0 Å². The van der Waals surface area contributed by atoms with E-state index >= 15 is 0 Å². The lowest BCUT2D eigenvalue weighted by molar-refractivity contribution is -0.123. The summed E-state index contributed by atoms with van der Waals surface area (Å²) in [6.07, 6.45) is 2.74. The standard InChI is InChI=1S/C16H21N3O3/c1-3-5-9-17-15(20)11-21-13-8-6-7-12(10-13)16-18-14(4-2)19-22-16/h6-8,10H,3-5,9,11H2,1-2H3,(H,17,20). The third kappa shape index (κ3) is 4.58. The lowest BCUT2D eigenvalue weighted by Gasteiger charge is -2.07. The van der Waals surface area contributed by atoms with Crippen LogP contribution in [0.5, 0.6) is 5.75 Å². The Morgan fingerprint density at radius 3 is 2.95 bits per heavy atom. The number of nitrogens with one attached hydrogen (secondary N) is 1. The Kier molecular flexibility index (Phi) is 5.94. The van der Waals surface area contributed by atoms with Gasteiger partial charge in [-0.05, 0) is 24.6 Å². The number of carbonyl (C=O) groups is 1. The highest BCUT2D eigenvalue weighted by Gasteiger charge is 2.09. The molecule has 0 bridgehead atoms. The van der Waals surface area contributed by atoms with Crippen LogP contribution in [-0.2, 0) is 11.2 Å². The van der Waals surface area contributed by atoms with Crippen molar-refractivity contribution in [3.05, 3.63) is 30.1 Å². The number of unbranched alkanes of at least 4 members (excludes halogenated alkanes) is 1. The van der Waals surface area contributed by atoms with Gasteiger partial charge in [-0.1, -0.05) is 31.5 Å². The second-order valence-corrected chi connectivity index (χ2v) is 4.89. The van der Waals surface area contributed by atoms with Crippen LogP contribution in [0.1, 0.15) is 32.5 Å². The average molecular weight is 303 g/mol. The van der Waals surface area contributed by atoms with Gasteiger partial charge in [-0.3, -0.25) is 4.79 Å². The Bertz CT molecular complexity index is 610. The van der Waals surface area contributed by atoms with E-state index in [0.29, 0.717) is 24.0 Å². The van der Waals surface area contributed by atoms with Crippen LogP contribution in [0.3, 0.4) is 0 Å². The Morgan fingerprint density at radius 1 is 1.36 bits per heavy atom. The molecule has 0 aliphatic heterocycles. The largest absolute Gasteiger partial charge is 0.484 e. The van der Waals surface area contributed by atoms with E-state index in [-0.39, 0.29) is 12.5 Å². The highest BCUT2D eigenvalue weighted by atomic mass is 16.5. The Morgan fingerprint density at radius 2 is 2.23 bits per heavy atom. The maximum atomic E-state index is 11.6. The van der Waals surface area contributed by atoms with Gasteiger partial charge in [0.1, 0.15) is 5.75 Å². The molecule has 0 fully saturated rings. The van der Waals surface area contributed by atoms with Crippen LogP contribution < -0.4 is 10.1 Å². The molecule has 6 nitrogen and oxygen atoms in total. The molecular weight excluding hydrogens is 282 g/mol. The van der Waals surface area contributed by atoms with Crippen molar-refractivity contribution in [2.75, 3.05) is 13.2 Å². The van der Waals surface area contributed by atoms with Crippen LogP contribution in [0.15, 0.2) is 28.8 Å². The van der Waals surface area contributed by atoms with Crippen molar-refractivity contribution >= 4 is 5.91 Å². The fraction of sp³-hybridized carbons (Fsp3) is 0.438. The molecule has 2 aromatic rings. The second-order valence-electron chi connectivity index (χ2n) is 4.89. The van der Waals surface area contributed by atoms with Gasteiger partial charge in [-0.25, -0.2) is 0 Å². The number of aromatic nitrogens is 2. The summed E-state index contributed by atoms with van der Waals surface area (Å²) in [5.41, 5.74) is 0.774. The Hall–Kier alpha value is -2.37. The van der Waals surface area contributed by atoms with Gasteiger partial charge >= 0.3 is 0 Å². The van der Waals surface area contributed by atoms with E-state index in [1.54, 1.807) is 12.1 Å². The number of benzene rings is 1. The second kappa shape index (κ2) is 8.17. The average Bonchev–Trinajstić information content (AvgIpc) is 3.03. The molecule has 0 aliphatic carbocycles. The van der Waals surface area contributed by atoms with Crippen molar-refractivity contribution in [1.29, 1.82) is 0 Å². The third-order valence-electron chi connectivity index (χ3n) is 3.09. The number of hydrogen-bond donors (Lipinski definition) is 1. The van der Waals surface area contributed by atoms with Gasteiger partial charge in [0.2, 0.25) is 0 Å². The predicted octanol–water partition coefficient (Wildman–Crippen LogP) is 2.59. The number of carbonyl (C=O) groups excluding carboxylic acids is 1. The van der Waals surface area contributed by atoms with Crippen molar-refractivity contribution < 1.29 is 14.1 Å². The number of hydrogen-bond acceptors (Lipinski definition) is 5. The maximum Gasteiger partial charge on any atom is 0.258 e. The molecule has 6 heteroatoms. The highest BCUT2D eigenvalue weighted by Crippen LogP contribution is 2.22. The molecular formula is C16H21N3O3. The molecule has 0 radical (unpaired) electrons. The van der Waals surface area contributed by atoms with Crippen LogP contribution in [0.4, 0.5) is 0 Å². The van der Waals surface area contributed by atoms with Crippen molar-refractivity contribution in [1.82, 2.24) is 15.5 Å². The maximum absolute atomic E-state index is 11.6. The first-order chi connectivity index (χ1) is 10.7. The topological polar surface area (TPSA) is 77.2 Å². The zero-order chi connectivity index (χ0) is 15.8. The van der Waals surface area contributed by atoms with Gasteiger partial charge in [-0.15, -0.1) is 0 Å². The van der Waals surface area contributed by atoms with Gasteiger partial charge in [0.05, 0.1) is 0 Å². The molecule has 0 aliphatic rings. The number of amides is 1. The molecule has 0 unspecified atom stereocenters. The number of aryl methyl sites for hydroxylation is 1. The summed E-state index contributed by atoms with van der Waals surface area (Å²) in [6, 6.07) is 7.27. The summed E-state index contributed by atoms with van der Waals surface area (Å²) in [5, 5.41) is 6.67. The molecule has 0 saturated heterocycles. The molecule has 1 N–H and O–H groups in total. The summed E-state index contributed by atoms with van der Waals surface area (Å²) in [5.74, 6) is 1.59. The Balaban J connectivity index is 1.92. The van der Waals surface area contributed by atoms with Crippen molar-refractivity contribution in [3.8, 4) is 17.2 Å². The third-order valence-corrected chi connectivity index (χ3v) is 3.09. The van der Waals surface area contributed by atoms with Gasteiger partial charge < -0.3 is 14.6 Å². The molecule has 1 aromatic heterocycles. The summed E-state index contributed by atoms with van der Waals surface area (Å²) in [6.45, 7) is 4.72. The number of rotatable bonds is 8. The first-order valence-corrected chi connectivity index (χ1v) is 7.55. The van der Waals surface area contributed by atoms with Crippen molar-refractivity contribution in [3.63, 3.8) is 0 Å². The molecule has 0 atom stereocenters. The lowest BCUT2D eigenvalue weighted by atomic mass is 10.2. The van der Waals surface area contributed by atoms with Crippen LogP contribution in [0.25, 0.3) is 11.5 Å². The lowest BCUT2D eigenvalue weighted by Crippen LogP contribution is -2.29. The van der Waals surface area contributed by atoms with Crippen LogP contribution in [0.2, 0.25) is 0 Å². The minimum absolute atomic E-state index is 0.00277. The van der Waals surface area contributed by atoms with Gasteiger partial charge in [0.25, 0.3) is 11.8 Å². The zero-order valence-corrected chi connectivity index (χ0v) is 13.0. The number of nitrogens with zero attached hydrogens (tertiary/aromatic N) is 2. The predicted molar refractivity (Wildman–Crippen MR) is 82.5 cm³/mol. The van der Waals surface area contributed by atoms with E-state index in [2.05, 4.69) is 22.4 Å². The quantitative estimate of drug-likeness (QED) is 0.758. The first kappa shape index (κ1) is 16.0. The summed E-state index contributed by atoms with van der Waals surface area (Å²) in [7, 11) is 0. The monoisotopic (exact) mass is 303 g/mol. The molecule has 118 valence electrons. The molecule has 1 amide bonds. The zero-order valence-electron chi connectivity index (χ0n) is 13.0. The van der Waals surface area contributed by atoms with E-state index in [1.165, 1.54) is 0 Å². The van der Waals surface area contributed by atoms with E-state index < -0.39 is 0 Å². The van der Waals surface area contributed by atoms with Crippen LogP contribution >= 0.6 is 0 Å². The molecule has 2 rings (SSSR count). The van der Waals surface area contributed by atoms with Gasteiger partial charge in [0, 0.05) is 18.5 Å². The fourth-order valence-corrected chi connectivity index (χ4v) is 1.84. The van der Waals surface area contributed by atoms with E-state index in [4.69, 9.17) is 9.26 Å². The van der Waals surface area contributed by atoms with E-state index in [1.807, 2.05) is 19.1 Å². The first-order valence-electron chi connectivity index (χ1n) is 7.55. The Labute approximate surface area is 129 Å². The van der Waals surface area contributed by atoms with Gasteiger partial charge in [0.15, 0.2) is 12.4 Å². The molecule has 1 aromatic carbocycles. The van der Waals surface area contributed by atoms with E-state index in [0.717, 1.165) is 24.8 Å². The smallest absolute Gasteiger partial charge is 0.258 e. The van der Waals surface area contributed by atoms with Crippen molar-refractivity contribution in [2.24, 2.45) is 0 Å². The molecule has 22 heavy (non-hydrogen) atoms. The number of ether oxygens (including phenoxy) is 1. The molecule has 0 saturated carbocycles. The summed E-state index contributed by atoms with van der Waals surface area (Å²) >= 11 is 0. The fourth-order valence-electron chi connectivity index (χ4n) is 1.84. The van der Waals surface area contributed by atoms with E-state index in [9.17, 15) is 4.79 Å². The molecule has 1 heterocycles.